The molecule has 0 aliphatic heterocycles. The summed E-state index contributed by atoms with van der Waals surface area (Å²) in [5, 5.41) is 4.76. The first kappa shape index (κ1) is 11.3. The molecule has 0 radical (unpaired) electrons. The number of hydrogen-bond acceptors (Lipinski definition) is 2. The molecule has 3 nitrogen and oxygen atoms in total. The van der Waals surface area contributed by atoms with Crippen molar-refractivity contribution in [1.29, 1.82) is 0 Å². The zero-order valence-electron chi connectivity index (χ0n) is 10.5. The lowest BCUT2D eigenvalue weighted by molar-refractivity contribution is 0.454. The molecule has 2 N–H and O–H groups in total. The molecule has 0 bridgehead atoms. The van der Waals surface area contributed by atoms with E-state index < -0.39 is 0 Å². The summed E-state index contributed by atoms with van der Waals surface area (Å²) in [7, 11) is 0. The molecule has 17 heavy (non-hydrogen) atoms. The molecule has 2 saturated carbocycles. The summed E-state index contributed by atoms with van der Waals surface area (Å²) in [5.41, 5.74) is 7.23. The number of nitrogens with zero attached hydrogens (tertiary/aromatic N) is 2. The Morgan fingerprint density at radius 1 is 1.24 bits per heavy atom. The Kier molecular flexibility index (Phi) is 3.19. The quantitative estimate of drug-likeness (QED) is 0.872. The summed E-state index contributed by atoms with van der Waals surface area (Å²) < 4.78 is 2.21. The molecule has 2 unspecified atom stereocenters. The summed E-state index contributed by atoms with van der Waals surface area (Å²) in [6.45, 7) is 0. The highest BCUT2D eigenvalue weighted by Crippen LogP contribution is 2.30. The van der Waals surface area contributed by atoms with Crippen LogP contribution >= 0.6 is 0 Å². The van der Waals surface area contributed by atoms with Crippen molar-refractivity contribution in [2.24, 2.45) is 11.7 Å². The maximum atomic E-state index is 5.96. The number of hydrogen-bond donors (Lipinski definition) is 1. The molecular formula is C14H23N3. The molecule has 0 saturated heterocycles. The first-order valence-corrected chi connectivity index (χ1v) is 7.11. The summed E-state index contributed by atoms with van der Waals surface area (Å²) in [5.74, 6) is 0.775. The maximum Gasteiger partial charge on any atom is 0.0627 e. The van der Waals surface area contributed by atoms with Gasteiger partial charge in [-0.3, -0.25) is 4.68 Å². The van der Waals surface area contributed by atoms with E-state index in [4.69, 9.17) is 10.8 Å². The third-order valence-electron chi connectivity index (χ3n) is 4.44. The minimum absolute atomic E-state index is 0.442. The van der Waals surface area contributed by atoms with Crippen molar-refractivity contribution in [3.05, 3.63) is 18.0 Å². The van der Waals surface area contributed by atoms with Gasteiger partial charge in [0.15, 0.2) is 0 Å². The van der Waals surface area contributed by atoms with Gasteiger partial charge in [0.25, 0.3) is 0 Å². The molecule has 1 aromatic rings. The molecule has 0 aromatic carbocycles. The highest BCUT2D eigenvalue weighted by atomic mass is 15.3. The highest BCUT2D eigenvalue weighted by molar-refractivity contribution is 5.02. The van der Waals surface area contributed by atoms with Gasteiger partial charge in [0, 0.05) is 12.2 Å². The molecule has 1 aromatic heterocycles. The van der Waals surface area contributed by atoms with E-state index in [1.807, 2.05) is 0 Å². The van der Waals surface area contributed by atoms with Gasteiger partial charge in [0.05, 0.1) is 11.7 Å². The highest BCUT2D eigenvalue weighted by Gasteiger charge is 2.23. The first-order valence-electron chi connectivity index (χ1n) is 7.11. The van der Waals surface area contributed by atoms with Crippen LogP contribution in [0.1, 0.15) is 56.7 Å². The minimum atomic E-state index is 0.442. The average Bonchev–Trinajstić information content (AvgIpc) is 3.00. The van der Waals surface area contributed by atoms with Gasteiger partial charge in [0.2, 0.25) is 0 Å². The first-order chi connectivity index (χ1) is 8.31. The van der Waals surface area contributed by atoms with Crippen molar-refractivity contribution in [1.82, 2.24) is 9.78 Å². The van der Waals surface area contributed by atoms with Crippen LogP contribution in [-0.4, -0.2) is 15.8 Å². The monoisotopic (exact) mass is 233 g/mol. The van der Waals surface area contributed by atoms with Gasteiger partial charge < -0.3 is 5.73 Å². The van der Waals surface area contributed by atoms with E-state index in [-0.39, 0.29) is 0 Å². The maximum absolute atomic E-state index is 5.96. The molecule has 0 amide bonds. The Labute approximate surface area is 103 Å². The van der Waals surface area contributed by atoms with E-state index in [1.54, 1.807) is 0 Å². The molecule has 94 valence electrons. The molecule has 2 fully saturated rings. The topological polar surface area (TPSA) is 43.8 Å². The zero-order valence-corrected chi connectivity index (χ0v) is 10.5. The molecule has 3 heteroatoms. The lowest BCUT2D eigenvalue weighted by Gasteiger charge is -2.10. The van der Waals surface area contributed by atoms with Crippen LogP contribution in [0.5, 0.6) is 0 Å². The number of nitrogens with two attached hydrogens (primary N) is 1. The normalized spacial score (nSPS) is 30.2. The van der Waals surface area contributed by atoms with E-state index in [0.717, 1.165) is 12.3 Å². The standard InChI is InChI=1S/C14H23N3/c15-12-6-5-11(9-12)10-13-7-8-17(16-13)14-3-1-2-4-14/h7-8,11-12,14H,1-6,9-10,15H2. The fourth-order valence-corrected chi connectivity index (χ4v) is 3.45. The predicted molar refractivity (Wildman–Crippen MR) is 68.8 cm³/mol. The zero-order chi connectivity index (χ0) is 11.7. The summed E-state index contributed by atoms with van der Waals surface area (Å²) in [6, 6.07) is 3.33. The van der Waals surface area contributed by atoms with Crippen LogP contribution in [0.3, 0.4) is 0 Å². The van der Waals surface area contributed by atoms with Crippen molar-refractivity contribution in [2.75, 3.05) is 0 Å². The fraction of sp³-hybridized carbons (Fsp3) is 0.786. The second-order valence-corrected chi connectivity index (χ2v) is 5.87. The molecule has 0 spiro atoms. The van der Waals surface area contributed by atoms with Crippen LogP contribution in [0.2, 0.25) is 0 Å². The average molecular weight is 233 g/mol. The molecule has 2 aliphatic carbocycles. The van der Waals surface area contributed by atoms with Crippen LogP contribution < -0.4 is 5.73 Å². The van der Waals surface area contributed by atoms with Crippen molar-refractivity contribution >= 4 is 0 Å². The second-order valence-electron chi connectivity index (χ2n) is 5.87. The van der Waals surface area contributed by atoms with Crippen molar-refractivity contribution < 1.29 is 0 Å². The Bertz CT molecular complexity index is 365. The van der Waals surface area contributed by atoms with Crippen molar-refractivity contribution in [2.45, 2.75) is 63.5 Å². The number of rotatable bonds is 3. The Hall–Kier alpha value is -0.830. The molecular weight excluding hydrogens is 210 g/mol. The summed E-state index contributed by atoms with van der Waals surface area (Å²) >= 11 is 0. The largest absolute Gasteiger partial charge is 0.328 e. The molecule has 3 rings (SSSR count). The predicted octanol–water partition coefficient (Wildman–Crippen LogP) is 2.67. The lowest BCUT2D eigenvalue weighted by atomic mass is 10.0. The Morgan fingerprint density at radius 3 is 2.76 bits per heavy atom. The Morgan fingerprint density at radius 2 is 2.06 bits per heavy atom. The van der Waals surface area contributed by atoms with Crippen molar-refractivity contribution in [3.63, 3.8) is 0 Å². The van der Waals surface area contributed by atoms with E-state index in [9.17, 15) is 0 Å². The van der Waals surface area contributed by atoms with E-state index in [0.29, 0.717) is 12.1 Å². The van der Waals surface area contributed by atoms with Gasteiger partial charge in [-0.05, 0) is 50.5 Å². The van der Waals surface area contributed by atoms with Gasteiger partial charge in [-0.15, -0.1) is 0 Å². The minimum Gasteiger partial charge on any atom is -0.328 e. The van der Waals surface area contributed by atoms with Crippen LogP contribution in [-0.2, 0) is 6.42 Å². The summed E-state index contributed by atoms with van der Waals surface area (Å²) in [6.07, 6.45) is 12.4. The van der Waals surface area contributed by atoms with Crippen LogP contribution in [0.25, 0.3) is 0 Å². The van der Waals surface area contributed by atoms with Gasteiger partial charge in [-0.25, -0.2) is 0 Å². The van der Waals surface area contributed by atoms with Gasteiger partial charge in [-0.1, -0.05) is 12.8 Å². The SMILES string of the molecule is NC1CCC(Cc2ccn(C3CCCC3)n2)C1. The van der Waals surface area contributed by atoms with Crippen LogP contribution in [0.4, 0.5) is 0 Å². The lowest BCUT2D eigenvalue weighted by Crippen LogP contribution is -2.15. The van der Waals surface area contributed by atoms with Gasteiger partial charge in [-0.2, -0.15) is 5.10 Å². The van der Waals surface area contributed by atoms with E-state index in [2.05, 4.69) is 16.9 Å². The van der Waals surface area contributed by atoms with Gasteiger partial charge >= 0.3 is 0 Å². The third-order valence-corrected chi connectivity index (χ3v) is 4.44. The molecule has 2 aliphatic rings. The third kappa shape index (κ3) is 2.54. The molecule has 2 atom stereocenters. The molecule has 1 heterocycles. The van der Waals surface area contributed by atoms with E-state index >= 15 is 0 Å². The Balaban J connectivity index is 1.60. The second kappa shape index (κ2) is 4.81. The smallest absolute Gasteiger partial charge is 0.0627 e. The van der Waals surface area contributed by atoms with Gasteiger partial charge in [0.1, 0.15) is 0 Å². The van der Waals surface area contributed by atoms with Crippen LogP contribution in [0, 0.1) is 5.92 Å². The van der Waals surface area contributed by atoms with E-state index in [1.165, 1.54) is 50.6 Å². The summed E-state index contributed by atoms with van der Waals surface area (Å²) in [4.78, 5) is 0. The fourth-order valence-electron chi connectivity index (χ4n) is 3.45. The van der Waals surface area contributed by atoms with Crippen LogP contribution in [0.15, 0.2) is 12.3 Å². The van der Waals surface area contributed by atoms with Crippen molar-refractivity contribution in [3.8, 4) is 0 Å². The number of aromatic nitrogens is 2.